The molecular weight excluding hydrogens is 400 g/mol. The van der Waals surface area contributed by atoms with Crippen LogP contribution in [-0.2, 0) is 4.74 Å². The predicted molar refractivity (Wildman–Crippen MR) is 105 cm³/mol. The standard InChI is InChI=1S/C19H17ClN4O3S/c20-13-5-2-1-4-12(13)15(23-7-10-26-11-8-23)16-18(25)24-19(28-16)21-17(22-24)14-6-3-9-27-14/h1-6,9,15,25H,7-8,10-11H2/p+1/t15-/m1/s1. The van der Waals surface area contributed by atoms with Gasteiger partial charge in [-0.15, -0.1) is 5.10 Å². The van der Waals surface area contributed by atoms with Gasteiger partial charge in [-0.25, -0.2) is 0 Å². The van der Waals surface area contributed by atoms with Crippen molar-refractivity contribution in [2.75, 3.05) is 26.3 Å². The zero-order valence-corrected chi connectivity index (χ0v) is 16.4. The maximum absolute atomic E-state index is 11.0. The summed E-state index contributed by atoms with van der Waals surface area (Å²) >= 11 is 7.96. The van der Waals surface area contributed by atoms with Gasteiger partial charge in [-0.3, -0.25) is 0 Å². The van der Waals surface area contributed by atoms with Crippen molar-refractivity contribution >= 4 is 27.9 Å². The van der Waals surface area contributed by atoms with E-state index in [1.54, 1.807) is 18.4 Å². The van der Waals surface area contributed by atoms with E-state index in [2.05, 4.69) is 10.1 Å². The van der Waals surface area contributed by atoms with E-state index in [1.165, 1.54) is 20.8 Å². The topological polar surface area (TPSA) is 77.2 Å². The van der Waals surface area contributed by atoms with Gasteiger partial charge in [0.2, 0.25) is 16.7 Å². The highest BCUT2D eigenvalue weighted by atomic mass is 35.5. The van der Waals surface area contributed by atoms with Crippen molar-refractivity contribution < 1.29 is 19.2 Å². The Labute approximate surface area is 169 Å². The lowest BCUT2D eigenvalue weighted by Gasteiger charge is -2.31. The molecule has 3 aromatic heterocycles. The number of furan rings is 1. The Morgan fingerprint density at radius 1 is 1.18 bits per heavy atom. The van der Waals surface area contributed by atoms with Crippen LogP contribution in [0.3, 0.4) is 0 Å². The van der Waals surface area contributed by atoms with E-state index in [0.29, 0.717) is 34.8 Å². The van der Waals surface area contributed by atoms with E-state index in [-0.39, 0.29) is 11.9 Å². The second-order valence-corrected chi connectivity index (χ2v) is 8.04. The van der Waals surface area contributed by atoms with E-state index in [4.69, 9.17) is 20.8 Å². The fourth-order valence-corrected chi connectivity index (χ4v) is 5.00. The van der Waals surface area contributed by atoms with Crippen LogP contribution >= 0.6 is 22.9 Å². The Hall–Kier alpha value is -2.39. The molecule has 1 saturated heterocycles. The minimum absolute atomic E-state index is 0.0919. The van der Waals surface area contributed by atoms with Gasteiger partial charge in [-0.05, 0) is 18.2 Å². The van der Waals surface area contributed by atoms with Gasteiger partial charge in [0.25, 0.3) is 0 Å². The fraction of sp³-hybridized carbons (Fsp3) is 0.263. The monoisotopic (exact) mass is 417 g/mol. The summed E-state index contributed by atoms with van der Waals surface area (Å²) in [6, 6.07) is 11.2. The van der Waals surface area contributed by atoms with E-state index in [0.717, 1.165) is 23.5 Å². The number of rotatable bonds is 4. The Morgan fingerprint density at radius 3 is 2.71 bits per heavy atom. The summed E-state index contributed by atoms with van der Waals surface area (Å²) in [7, 11) is 0. The van der Waals surface area contributed by atoms with Gasteiger partial charge in [0, 0.05) is 5.56 Å². The molecule has 0 saturated carbocycles. The van der Waals surface area contributed by atoms with Gasteiger partial charge in [0.1, 0.15) is 18.0 Å². The van der Waals surface area contributed by atoms with Crippen molar-refractivity contribution in [1.82, 2.24) is 14.6 Å². The molecule has 0 unspecified atom stereocenters. The van der Waals surface area contributed by atoms with Gasteiger partial charge in [-0.2, -0.15) is 9.50 Å². The molecule has 0 amide bonds. The highest BCUT2D eigenvalue weighted by molar-refractivity contribution is 7.17. The van der Waals surface area contributed by atoms with Crippen molar-refractivity contribution in [2.45, 2.75) is 6.04 Å². The number of ether oxygens (including phenoxy) is 1. The van der Waals surface area contributed by atoms with E-state index in [9.17, 15) is 5.11 Å². The largest absolute Gasteiger partial charge is 0.492 e. The quantitative estimate of drug-likeness (QED) is 0.533. The molecule has 7 nitrogen and oxygen atoms in total. The molecule has 1 aliphatic heterocycles. The number of halogens is 1. The number of nitrogens with one attached hydrogen (secondary N) is 1. The molecule has 1 aromatic carbocycles. The molecule has 0 bridgehead atoms. The average Bonchev–Trinajstić information content (AvgIpc) is 3.43. The molecular formula is C19H18ClN4O3S+. The summed E-state index contributed by atoms with van der Waals surface area (Å²) in [4.78, 5) is 7.24. The summed E-state index contributed by atoms with van der Waals surface area (Å²) in [5.74, 6) is 1.11. The number of quaternary nitrogens is 1. The number of morpholine rings is 1. The normalized spacial score (nSPS) is 16.6. The third-order valence-electron chi connectivity index (χ3n) is 4.96. The third-order valence-corrected chi connectivity index (χ3v) is 6.39. The Bertz CT molecular complexity index is 1100. The Balaban J connectivity index is 1.62. The average molecular weight is 418 g/mol. The van der Waals surface area contributed by atoms with Crippen molar-refractivity contribution in [1.29, 1.82) is 0 Å². The SMILES string of the molecule is Oc1c([C@@H](c2ccccc2Cl)[NH+]2CCOCC2)sc2nc(-c3ccco3)nn12. The van der Waals surface area contributed by atoms with Gasteiger partial charge in [-0.1, -0.05) is 41.1 Å². The Kier molecular flexibility index (Phi) is 4.56. The molecule has 0 aliphatic carbocycles. The molecule has 2 N–H and O–H groups in total. The Morgan fingerprint density at radius 2 is 2.00 bits per heavy atom. The van der Waals surface area contributed by atoms with Crippen LogP contribution in [0.1, 0.15) is 16.5 Å². The summed E-state index contributed by atoms with van der Waals surface area (Å²) in [6.45, 7) is 3.03. The molecule has 5 rings (SSSR count). The van der Waals surface area contributed by atoms with Gasteiger partial charge in [0.15, 0.2) is 11.8 Å². The first-order chi connectivity index (χ1) is 13.7. The summed E-state index contributed by atoms with van der Waals surface area (Å²) in [5, 5.41) is 16.1. The number of hydrogen-bond acceptors (Lipinski definition) is 6. The second kappa shape index (κ2) is 7.21. The zero-order valence-electron chi connectivity index (χ0n) is 14.8. The van der Waals surface area contributed by atoms with Crippen LogP contribution in [0.4, 0.5) is 0 Å². The van der Waals surface area contributed by atoms with Crippen LogP contribution in [0.15, 0.2) is 47.1 Å². The molecule has 144 valence electrons. The van der Waals surface area contributed by atoms with E-state index >= 15 is 0 Å². The molecule has 0 spiro atoms. The lowest BCUT2D eigenvalue weighted by molar-refractivity contribution is -0.932. The number of fused-ring (bicyclic) bond motifs is 1. The van der Waals surface area contributed by atoms with Crippen LogP contribution in [0.25, 0.3) is 16.5 Å². The number of aromatic nitrogens is 3. The maximum Gasteiger partial charge on any atom is 0.235 e. The number of aromatic hydroxyl groups is 1. The van der Waals surface area contributed by atoms with Crippen molar-refractivity contribution in [3.63, 3.8) is 0 Å². The molecule has 4 aromatic rings. The van der Waals surface area contributed by atoms with E-state index in [1.807, 2.05) is 24.3 Å². The molecule has 4 heterocycles. The molecule has 1 fully saturated rings. The predicted octanol–water partition coefficient (Wildman–Crippen LogP) is 2.41. The molecule has 9 heteroatoms. The minimum Gasteiger partial charge on any atom is -0.492 e. The molecule has 28 heavy (non-hydrogen) atoms. The second-order valence-electron chi connectivity index (χ2n) is 6.62. The number of benzene rings is 1. The highest BCUT2D eigenvalue weighted by Crippen LogP contribution is 2.37. The first-order valence-electron chi connectivity index (χ1n) is 9.01. The van der Waals surface area contributed by atoms with Gasteiger partial charge >= 0.3 is 0 Å². The summed E-state index contributed by atoms with van der Waals surface area (Å²) in [6.07, 6.45) is 1.57. The lowest BCUT2D eigenvalue weighted by atomic mass is 10.0. The van der Waals surface area contributed by atoms with Crippen LogP contribution < -0.4 is 4.90 Å². The van der Waals surface area contributed by atoms with Crippen molar-refractivity contribution in [2.24, 2.45) is 0 Å². The maximum atomic E-state index is 11.0. The number of hydrogen-bond donors (Lipinski definition) is 2. The molecule has 0 radical (unpaired) electrons. The molecule has 1 atom stereocenters. The molecule has 1 aliphatic rings. The number of thiazole rings is 1. The third kappa shape index (κ3) is 2.98. The number of nitrogens with zero attached hydrogens (tertiary/aromatic N) is 3. The zero-order chi connectivity index (χ0) is 19.1. The fourth-order valence-electron chi connectivity index (χ4n) is 3.63. The highest BCUT2D eigenvalue weighted by Gasteiger charge is 2.35. The van der Waals surface area contributed by atoms with Crippen LogP contribution in [0.2, 0.25) is 5.02 Å². The van der Waals surface area contributed by atoms with Crippen molar-refractivity contribution in [3.8, 4) is 17.5 Å². The van der Waals surface area contributed by atoms with Gasteiger partial charge in [0.05, 0.1) is 24.5 Å². The first kappa shape index (κ1) is 17.7. The van der Waals surface area contributed by atoms with Crippen LogP contribution in [0.5, 0.6) is 5.88 Å². The first-order valence-corrected chi connectivity index (χ1v) is 10.2. The minimum atomic E-state index is -0.113. The lowest BCUT2D eigenvalue weighted by Crippen LogP contribution is -3.14. The van der Waals surface area contributed by atoms with E-state index < -0.39 is 0 Å². The van der Waals surface area contributed by atoms with Crippen LogP contribution in [0, 0.1) is 0 Å². The smallest absolute Gasteiger partial charge is 0.235 e. The van der Waals surface area contributed by atoms with Crippen LogP contribution in [-0.4, -0.2) is 46.0 Å². The summed E-state index contributed by atoms with van der Waals surface area (Å²) < 4.78 is 12.4. The van der Waals surface area contributed by atoms with Crippen molar-refractivity contribution in [3.05, 3.63) is 58.1 Å². The van der Waals surface area contributed by atoms with Gasteiger partial charge < -0.3 is 19.2 Å². The summed E-state index contributed by atoms with van der Waals surface area (Å²) in [5.41, 5.74) is 0.979.